The summed E-state index contributed by atoms with van der Waals surface area (Å²) in [7, 11) is 0. The number of carboxylic acids is 1. The zero-order chi connectivity index (χ0) is 20.1. The highest BCUT2D eigenvalue weighted by atomic mass is 16.5. The third-order valence-electron chi connectivity index (χ3n) is 4.94. The number of rotatable bonds is 7. The van der Waals surface area contributed by atoms with E-state index in [2.05, 4.69) is 5.32 Å². The van der Waals surface area contributed by atoms with Crippen LogP contribution in [0.4, 0.5) is 0 Å². The number of carbonyl (C=O) groups is 2. The number of ether oxygens (including phenoxy) is 2. The Labute approximate surface area is 164 Å². The second kappa shape index (κ2) is 8.89. The molecule has 0 bridgehead atoms. The number of benzene rings is 2. The van der Waals surface area contributed by atoms with Crippen LogP contribution in [0.15, 0.2) is 42.5 Å². The van der Waals surface area contributed by atoms with Gasteiger partial charge in [0.2, 0.25) is 0 Å². The van der Waals surface area contributed by atoms with Crippen LogP contribution >= 0.6 is 0 Å². The van der Waals surface area contributed by atoms with Crippen LogP contribution in [-0.2, 0) is 9.53 Å². The Hall–Kier alpha value is -2.86. The number of amides is 1. The molecule has 0 saturated carbocycles. The number of hydrogen-bond donors (Lipinski definition) is 2. The topological polar surface area (TPSA) is 84.9 Å². The number of aliphatic carboxylic acids is 1. The fraction of sp³-hybridized carbons (Fsp3) is 0.364. The molecule has 0 spiro atoms. The summed E-state index contributed by atoms with van der Waals surface area (Å²) in [5.41, 5.74) is 2.92. The van der Waals surface area contributed by atoms with E-state index in [-0.39, 0.29) is 6.10 Å². The number of hydrogen-bond acceptors (Lipinski definition) is 4. The largest absolute Gasteiger partial charge is 0.491 e. The van der Waals surface area contributed by atoms with E-state index in [4.69, 9.17) is 9.47 Å². The molecule has 1 saturated heterocycles. The standard InChI is InChI=1S/C22H25NO5/c1-14-8-9-16(11-15(14)2)20(22(25)26)23-21(24)17-5-3-6-18(12-17)28-13-19-7-4-10-27-19/h3,5-6,8-9,11-12,19-20H,4,7,10,13H2,1-2H3,(H,23,24)(H,25,26). The molecule has 0 aromatic heterocycles. The van der Waals surface area contributed by atoms with Crippen molar-refractivity contribution in [1.82, 2.24) is 5.32 Å². The molecule has 0 radical (unpaired) electrons. The smallest absolute Gasteiger partial charge is 0.330 e. The molecule has 6 heteroatoms. The van der Waals surface area contributed by atoms with Crippen LogP contribution in [0.5, 0.6) is 5.75 Å². The Morgan fingerprint density at radius 2 is 2.04 bits per heavy atom. The molecule has 1 aliphatic heterocycles. The molecule has 2 unspecified atom stereocenters. The Morgan fingerprint density at radius 1 is 1.21 bits per heavy atom. The van der Waals surface area contributed by atoms with Gasteiger partial charge in [0.15, 0.2) is 6.04 Å². The minimum Gasteiger partial charge on any atom is -0.491 e. The van der Waals surface area contributed by atoms with E-state index in [9.17, 15) is 14.7 Å². The Morgan fingerprint density at radius 3 is 2.71 bits per heavy atom. The van der Waals surface area contributed by atoms with Crippen LogP contribution in [-0.4, -0.2) is 36.3 Å². The lowest BCUT2D eigenvalue weighted by Gasteiger charge is -2.17. The third kappa shape index (κ3) is 4.89. The molecule has 28 heavy (non-hydrogen) atoms. The van der Waals surface area contributed by atoms with Gasteiger partial charge in [-0.25, -0.2) is 4.79 Å². The molecule has 1 fully saturated rings. The van der Waals surface area contributed by atoms with Crippen molar-refractivity contribution in [3.63, 3.8) is 0 Å². The Balaban J connectivity index is 1.70. The van der Waals surface area contributed by atoms with Crippen molar-refractivity contribution in [2.45, 2.75) is 38.8 Å². The molecule has 2 N–H and O–H groups in total. The van der Waals surface area contributed by atoms with Gasteiger partial charge in [0.25, 0.3) is 5.91 Å². The number of carboxylic acid groups (broad SMARTS) is 1. The van der Waals surface area contributed by atoms with Crippen molar-refractivity contribution in [3.05, 3.63) is 64.7 Å². The fourth-order valence-electron chi connectivity index (χ4n) is 3.14. The lowest BCUT2D eigenvalue weighted by Crippen LogP contribution is -2.33. The fourth-order valence-corrected chi connectivity index (χ4v) is 3.14. The summed E-state index contributed by atoms with van der Waals surface area (Å²) in [6.45, 7) is 5.06. The molecule has 6 nitrogen and oxygen atoms in total. The van der Waals surface area contributed by atoms with Crippen LogP contribution in [0.25, 0.3) is 0 Å². The van der Waals surface area contributed by atoms with Gasteiger partial charge >= 0.3 is 5.97 Å². The number of carbonyl (C=O) groups excluding carboxylic acids is 1. The van der Waals surface area contributed by atoms with Gasteiger partial charge in [0.05, 0.1) is 6.10 Å². The average molecular weight is 383 g/mol. The molecule has 1 heterocycles. The quantitative estimate of drug-likeness (QED) is 0.765. The van der Waals surface area contributed by atoms with E-state index < -0.39 is 17.9 Å². The van der Waals surface area contributed by atoms with E-state index >= 15 is 0 Å². The highest BCUT2D eigenvalue weighted by Gasteiger charge is 2.23. The summed E-state index contributed by atoms with van der Waals surface area (Å²) in [5, 5.41) is 12.2. The summed E-state index contributed by atoms with van der Waals surface area (Å²) in [6, 6.07) is 11.0. The van der Waals surface area contributed by atoms with Crippen molar-refractivity contribution < 1.29 is 24.2 Å². The van der Waals surface area contributed by atoms with Crippen molar-refractivity contribution in [2.75, 3.05) is 13.2 Å². The van der Waals surface area contributed by atoms with Crippen molar-refractivity contribution in [3.8, 4) is 5.75 Å². The second-order valence-corrected chi connectivity index (χ2v) is 7.06. The van der Waals surface area contributed by atoms with Gasteiger partial charge in [-0.1, -0.05) is 24.3 Å². The van der Waals surface area contributed by atoms with Gasteiger partial charge < -0.3 is 19.9 Å². The van der Waals surface area contributed by atoms with Gasteiger partial charge in [-0.05, 0) is 61.6 Å². The van der Waals surface area contributed by atoms with Crippen molar-refractivity contribution >= 4 is 11.9 Å². The van der Waals surface area contributed by atoms with Gasteiger partial charge in [-0.2, -0.15) is 0 Å². The molecule has 1 aliphatic rings. The second-order valence-electron chi connectivity index (χ2n) is 7.06. The third-order valence-corrected chi connectivity index (χ3v) is 4.94. The lowest BCUT2D eigenvalue weighted by atomic mass is 10.0. The van der Waals surface area contributed by atoms with Crippen LogP contribution in [0.3, 0.4) is 0 Å². The zero-order valence-corrected chi connectivity index (χ0v) is 16.1. The van der Waals surface area contributed by atoms with Crippen LogP contribution < -0.4 is 10.1 Å². The molecule has 0 aliphatic carbocycles. The summed E-state index contributed by atoms with van der Waals surface area (Å²) in [6.07, 6.45) is 2.08. The Bertz CT molecular complexity index is 858. The first-order valence-corrected chi connectivity index (χ1v) is 9.39. The zero-order valence-electron chi connectivity index (χ0n) is 16.1. The maximum absolute atomic E-state index is 12.6. The van der Waals surface area contributed by atoms with Gasteiger partial charge in [-0.15, -0.1) is 0 Å². The van der Waals surface area contributed by atoms with Crippen molar-refractivity contribution in [2.24, 2.45) is 0 Å². The first-order chi connectivity index (χ1) is 13.4. The van der Waals surface area contributed by atoms with Gasteiger partial charge in [0, 0.05) is 12.2 Å². The molecule has 3 rings (SSSR count). The maximum atomic E-state index is 12.6. The Kier molecular flexibility index (Phi) is 6.31. The maximum Gasteiger partial charge on any atom is 0.330 e. The van der Waals surface area contributed by atoms with E-state index in [0.717, 1.165) is 30.6 Å². The van der Waals surface area contributed by atoms with Gasteiger partial charge in [0.1, 0.15) is 12.4 Å². The molecule has 148 valence electrons. The molecule has 2 atom stereocenters. The highest BCUT2D eigenvalue weighted by molar-refractivity contribution is 5.97. The first-order valence-electron chi connectivity index (χ1n) is 9.39. The molecular formula is C22H25NO5. The summed E-state index contributed by atoms with van der Waals surface area (Å²) < 4.78 is 11.3. The monoisotopic (exact) mass is 383 g/mol. The van der Waals surface area contributed by atoms with Crippen LogP contribution in [0, 0.1) is 13.8 Å². The first kappa shape index (κ1) is 19.9. The minimum atomic E-state index is -1.12. The summed E-state index contributed by atoms with van der Waals surface area (Å²) >= 11 is 0. The molecule has 1 amide bonds. The van der Waals surface area contributed by atoms with Crippen LogP contribution in [0.2, 0.25) is 0 Å². The summed E-state index contributed by atoms with van der Waals surface area (Å²) in [4.78, 5) is 24.4. The predicted octanol–water partition coefficient (Wildman–Crippen LogP) is 3.42. The molecule has 2 aromatic rings. The van der Waals surface area contributed by atoms with E-state index in [0.29, 0.717) is 23.5 Å². The van der Waals surface area contributed by atoms with E-state index in [1.165, 1.54) is 0 Å². The van der Waals surface area contributed by atoms with E-state index in [1.807, 2.05) is 19.9 Å². The normalized spacial score (nSPS) is 17.1. The minimum absolute atomic E-state index is 0.0821. The molecule has 2 aromatic carbocycles. The van der Waals surface area contributed by atoms with Crippen molar-refractivity contribution in [1.29, 1.82) is 0 Å². The SMILES string of the molecule is Cc1ccc(C(NC(=O)c2cccc(OCC3CCCO3)c2)C(=O)O)cc1C. The predicted molar refractivity (Wildman–Crippen MR) is 105 cm³/mol. The van der Waals surface area contributed by atoms with Gasteiger partial charge in [-0.3, -0.25) is 4.79 Å². The number of nitrogens with one attached hydrogen (secondary N) is 1. The highest BCUT2D eigenvalue weighted by Crippen LogP contribution is 2.20. The lowest BCUT2D eigenvalue weighted by molar-refractivity contribution is -0.139. The van der Waals surface area contributed by atoms with E-state index in [1.54, 1.807) is 36.4 Å². The summed E-state index contributed by atoms with van der Waals surface area (Å²) in [5.74, 6) is -1.02. The van der Waals surface area contributed by atoms with Crippen LogP contribution in [0.1, 0.15) is 45.9 Å². The number of aryl methyl sites for hydroxylation is 2. The molecular weight excluding hydrogens is 358 g/mol. The average Bonchev–Trinajstić information content (AvgIpc) is 3.20.